The van der Waals surface area contributed by atoms with Crippen LogP contribution in [-0.4, -0.2) is 35.1 Å². The topological polar surface area (TPSA) is 40.5 Å². The summed E-state index contributed by atoms with van der Waals surface area (Å²) in [5.74, 6) is 0.0774. The smallest absolute Gasteiger partial charge is 0.226 e. The lowest BCUT2D eigenvalue weighted by atomic mass is 9.92. The first-order valence-electron chi connectivity index (χ1n) is 7.45. The summed E-state index contributed by atoms with van der Waals surface area (Å²) in [5, 5.41) is 9.55. The van der Waals surface area contributed by atoms with Gasteiger partial charge in [0.2, 0.25) is 5.91 Å². The molecule has 1 aliphatic rings. The van der Waals surface area contributed by atoms with Gasteiger partial charge < -0.3 is 10.0 Å². The van der Waals surface area contributed by atoms with Crippen LogP contribution in [0.15, 0.2) is 30.3 Å². The summed E-state index contributed by atoms with van der Waals surface area (Å²) in [4.78, 5) is 13.9. The molecule has 1 aromatic rings. The van der Waals surface area contributed by atoms with Crippen LogP contribution in [0.5, 0.6) is 0 Å². The predicted octanol–water partition coefficient (Wildman–Crippen LogP) is 2.85. The van der Waals surface area contributed by atoms with E-state index in [-0.39, 0.29) is 24.2 Å². The monoisotopic (exact) mass is 291 g/mol. The van der Waals surface area contributed by atoms with E-state index in [1.54, 1.807) is 37.3 Å². The number of rotatable bonds is 4. The fourth-order valence-electron chi connectivity index (χ4n) is 2.66. The number of nitrogens with zero attached hydrogens (tertiary/aromatic N) is 1. The lowest BCUT2D eigenvalue weighted by Gasteiger charge is -2.33. The van der Waals surface area contributed by atoms with Crippen molar-refractivity contribution in [2.45, 2.75) is 32.3 Å². The van der Waals surface area contributed by atoms with E-state index in [9.17, 15) is 14.3 Å². The zero-order chi connectivity index (χ0) is 15.2. The molecule has 1 atom stereocenters. The Balaban J connectivity index is 1.82. The summed E-state index contributed by atoms with van der Waals surface area (Å²) in [6.45, 7) is 3.20. The van der Waals surface area contributed by atoms with Crippen molar-refractivity contribution in [3.63, 3.8) is 0 Å². The lowest BCUT2D eigenvalue weighted by Crippen LogP contribution is -2.40. The third-order valence-electron chi connectivity index (χ3n) is 4.07. The van der Waals surface area contributed by atoms with Gasteiger partial charge in [0.05, 0.1) is 6.10 Å². The maximum absolute atomic E-state index is 13.4. The number of halogens is 1. The van der Waals surface area contributed by atoms with Crippen LogP contribution in [0.3, 0.4) is 0 Å². The summed E-state index contributed by atoms with van der Waals surface area (Å²) in [5.41, 5.74) is 0.498. The number of benzene rings is 1. The first kappa shape index (κ1) is 15.7. The molecule has 0 aromatic heterocycles. The number of carbonyl (C=O) groups excluding carboxylic acids is 1. The Morgan fingerprint density at radius 3 is 2.71 bits per heavy atom. The number of aliphatic hydroxyl groups is 1. The minimum atomic E-state index is -0.303. The Bertz CT molecular complexity index is 505. The maximum atomic E-state index is 13.4. The third-order valence-corrected chi connectivity index (χ3v) is 4.07. The van der Waals surface area contributed by atoms with Crippen molar-refractivity contribution >= 4 is 12.0 Å². The van der Waals surface area contributed by atoms with Crippen molar-refractivity contribution in [1.29, 1.82) is 0 Å². The van der Waals surface area contributed by atoms with E-state index < -0.39 is 0 Å². The zero-order valence-corrected chi connectivity index (χ0v) is 12.3. The van der Waals surface area contributed by atoms with Crippen LogP contribution in [0.25, 0.3) is 6.08 Å². The van der Waals surface area contributed by atoms with Gasteiger partial charge in [-0.1, -0.05) is 30.4 Å². The lowest BCUT2D eigenvalue weighted by molar-refractivity contribution is -0.132. The van der Waals surface area contributed by atoms with Gasteiger partial charge in [-0.05, 0) is 31.7 Å². The molecule has 1 N–H and O–H groups in total. The van der Waals surface area contributed by atoms with E-state index in [1.807, 2.05) is 4.90 Å². The number of amides is 1. The molecule has 1 fully saturated rings. The Kier molecular flexibility index (Phi) is 5.51. The van der Waals surface area contributed by atoms with Crippen LogP contribution in [0.4, 0.5) is 4.39 Å². The molecular weight excluding hydrogens is 269 g/mol. The van der Waals surface area contributed by atoms with Gasteiger partial charge in [0.1, 0.15) is 5.82 Å². The van der Waals surface area contributed by atoms with Gasteiger partial charge in [0.15, 0.2) is 0 Å². The highest BCUT2D eigenvalue weighted by molar-refractivity contribution is 5.78. The van der Waals surface area contributed by atoms with Gasteiger partial charge in [-0.2, -0.15) is 0 Å². The first-order valence-corrected chi connectivity index (χ1v) is 7.45. The number of hydrogen-bond donors (Lipinski definition) is 1. The molecule has 1 aliphatic heterocycles. The van der Waals surface area contributed by atoms with E-state index in [1.165, 1.54) is 6.07 Å². The van der Waals surface area contributed by atoms with Crippen molar-refractivity contribution < 1.29 is 14.3 Å². The Labute approximate surface area is 125 Å². The minimum Gasteiger partial charge on any atom is -0.393 e. The van der Waals surface area contributed by atoms with Gasteiger partial charge in [0, 0.05) is 25.1 Å². The highest BCUT2D eigenvalue weighted by atomic mass is 19.1. The third kappa shape index (κ3) is 4.39. The SMILES string of the molecule is CC(O)C1CCN(C(=O)CC=Cc2ccccc2F)CC1. The average Bonchev–Trinajstić information content (AvgIpc) is 2.49. The van der Waals surface area contributed by atoms with Gasteiger partial charge in [0.25, 0.3) is 0 Å². The van der Waals surface area contributed by atoms with Crippen molar-refractivity contribution in [2.75, 3.05) is 13.1 Å². The molecule has 0 radical (unpaired) electrons. The van der Waals surface area contributed by atoms with Gasteiger partial charge in [-0.15, -0.1) is 0 Å². The predicted molar refractivity (Wildman–Crippen MR) is 81.0 cm³/mol. The molecule has 1 heterocycles. The van der Waals surface area contributed by atoms with Crippen LogP contribution < -0.4 is 0 Å². The zero-order valence-electron chi connectivity index (χ0n) is 12.3. The second-order valence-electron chi connectivity index (χ2n) is 5.59. The molecule has 1 saturated heterocycles. The van der Waals surface area contributed by atoms with E-state index in [4.69, 9.17) is 0 Å². The summed E-state index contributed by atoms with van der Waals surface area (Å²) < 4.78 is 13.4. The normalized spacial score (nSPS) is 18.1. The number of likely N-dealkylation sites (tertiary alicyclic amines) is 1. The van der Waals surface area contributed by atoms with Gasteiger partial charge >= 0.3 is 0 Å². The first-order chi connectivity index (χ1) is 10.1. The van der Waals surface area contributed by atoms with Gasteiger partial charge in [-0.3, -0.25) is 4.79 Å². The Morgan fingerprint density at radius 2 is 2.10 bits per heavy atom. The molecule has 1 aromatic carbocycles. The molecule has 4 heteroatoms. The summed E-state index contributed by atoms with van der Waals surface area (Å²) in [6, 6.07) is 6.50. The highest BCUT2D eigenvalue weighted by Gasteiger charge is 2.24. The molecule has 3 nitrogen and oxygen atoms in total. The second kappa shape index (κ2) is 7.36. The fourth-order valence-corrected chi connectivity index (χ4v) is 2.66. The summed E-state index contributed by atoms with van der Waals surface area (Å²) in [6.07, 6.45) is 5.04. The van der Waals surface area contributed by atoms with Crippen molar-refractivity contribution in [2.24, 2.45) is 5.92 Å². The highest BCUT2D eigenvalue weighted by Crippen LogP contribution is 2.21. The average molecular weight is 291 g/mol. The Morgan fingerprint density at radius 1 is 1.43 bits per heavy atom. The molecule has 1 unspecified atom stereocenters. The minimum absolute atomic E-state index is 0.0617. The number of hydrogen-bond acceptors (Lipinski definition) is 2. The van der Waals surface area contributed by atoms with E-state index in [0.29, 0.717) is 24.6 Å². The molecule has 114 valence electrons. The van der Waals surface area contributed by atoms with E-state index in [0.717, 1.165) is 12.8 Å². The van der Waals surface area contributed by atoms with Crippen molar-refractivity contribution in [1.82, 2.24) is 4.90 Å². The van der Waals surface area contributed by atoms with Gasteiger partial charge in [-0.25, -0.2) is 4.39 Å². The molecule has 0 bridgehead atoms. The van der Waals surface area contributed by atoms with Crippen LogP contribution >= 0.6 is 0 Å². The largest absolute Gasteiger partial charge is 0.393 e. The van der Waals surface area contributed by atoms with Crippen LogP contribution in [0, 0.1) is 11.7 Å². The van der Waals surface area contributed by atoms with Crippen LogP contribution in [-0.2, 0) is 4.79 Å². The fraction of sp³-hybridized carbons (Fsp3) is 0.471. The molecule has 0 saturated carbocycles. The molecule has 2 rings (SSSR count). The van der Waals surface area contributed by atoms with Crippen LogP contribution in [0.1, 0.15) is 31.7 Å². The van der Waals surface area contributed by atoms with Crippen molar-refractivity contribution in [3.8, 4) is 0 Å². The van der Waals surface area contributed by atoms with E-state index in [2.05, 4.69) is 0 Å². The van der Waals surface area contributed by atoms with E-state index >= 15 is 0 Å². The number of aliphatic hydroxyl groups excluding tert-OH is 1. The molecule has 21 heavy (non-hydrogen) atoms. The molecule has 0 aliphatic carbocycles. The number of piperidine rings is 1. The standard InChI is InChI=1S/C17H22FNO2/c1-13(20)14-9-11-19(12-10-14)17(21)8-4-6-15-5-2-3-7-16(15)18/h2-7,13-14,20H,8-12H2,1H3. The maximum Gasteiger partial charge on any atom is 0.226 e. The molecule has 1 amide bonds. The number of carbonyl (C=O) groups is 1. The van der Waals surface area contributed by atoms with Crippen molar-refractivity contribution in [3.05, 3.63) is 41.7 Å². The summed E-state index contributed by atoms with van der Waals surface area (Å²) >= 11 is 0. The quantitative estimate of drug-likeness (QED) is 0.926. The molecular formula is C17H22FNO2. The molecule has 0 spiro atoms. The summed E-state index contributed by atoms with van der Waals surface area (Å²) in [7, 11) is 0. The Hall–Kier alpha value is -1.68. The second-order valence-corrected chi connectivity index (χ2v) is 5.59. The van der Waals surface area contributed by atoms with Crippen LogP contribution in [0.2, 0.25) is 0 Å².